The fourth-order valence-electron chi connectivity index (χ4n) is 3.01. The van der Waals surface area contributed by atoms with Crippen LogP contribution in [0.1, 0.15) is 32.3 Å². The normalized spacial score (nSPS) is 25.1. The van der Waals surface area contributed by atoms with Crippen LogP contribution in [-0.2, 0) is 10.2 Å². The number of hydrogen-bond donors (Lipinski definition) is 1. The molecule has 0 spiro atoms. The zero-order valence-corrected chi connectivity index (χ0v) is 13.3. The van der Waals surface area contributed by atoms with Crippen molar-refractivity contribution in [3.63, 3.8) is 0 Å². The molecule has 0 atom stereocenters. The molecule has 2 N–H and O–H groups in total. The molecule has 0 aliphatic heterocycles. The third kappa shape index (κ3) is 2.67. The average Bonchev–Trinajstić information content (AvgIpc) is 2.34. The lowest BCUT2D eigenvalue weighted by atomic mass is 9.61. The van der Waals surface area contributed by atoms with E-state index in [2.05, 4.69) is 0 Å². The zero-order chi connectivity index (χ0) is 14.9. The number of carbonyl (C=O) groups is 1. The Balaban J connectivity index is 2.42. The summed E-state index contributed by atoms with van der Waals surface area (Å²) in [5, 5.41) is 1.11. The highest BCUT2D eigenvalue weighted by molar-refractivity contribution is 6.34. The highest BCUT2D eigenvalue weighted by Crippen LogP contribution is 2.45. The predicted molar refractivity (Wildman–Crippen MR) is 83.3 cm³/mol. The highest BCUT2D eigenvalue weighted by atomic mass is 35.5. The number of rotatable bonds is 4. The quantitative estimate of drug-likeness (QED) is 0.927. The second kappa shape index (κ2) is 5.92. The summed E-state index contributed by atoms with van der Waals surface area (Å²) in [6.45, 7) is 5.36. The van der Waals surface area contributed by atoms with Crippen LogP contribution in [0.15, 0.2) is 18.2 Å². The minimum absolute atomic E-state index is 0.0623. The van der Waals surface area contributed by atoms with Crippen molar-refractivity contribution in [3.8, 4) is 0 Å². The van der Waals surface area contributed by atoms with Gasteiger partial charge in [-0.25, -0.2) is 0 Å². The molecule has 0 heterocycles. The van der Waals surface area contributed by atoms with E-state index < -0.39 is 5.41 Å². The van der Waals surface area contributed by atoms with Crippen LogP contribution in [0.25, 0.3) is 0 Å². The predicted octanol–water partition coefficient (Wildman–Crippen LogP) is 3.22. The standard InChI is InChI=1S/C15H20Cl2N2O/c1-3-19(4-2)14(20)15(8-13(18)9-15)10-5-11(16)7-12(17)6-10/h5-7,13H,3-4,8-9,18H2,1-2H3/t13-,15-. The first-order valence-electron chi connectivity index (χ1n) is 6.94. The van der Waals surface area contributed by atoms with E-state index >= 15 is 0 Å². The monoisotopic (exact) mass is 314 g/mol. The van der Waals surface area contributed by atoms with Gasteiger partial charge in [0, 0.05) is 29.2 Å². The number of nitrogens with two attached hydrogens (primary N) is 1. The summed E-state index contributed by atoms with van der Waals surface area (Å²) in [4.78, 5) is 14.7. The molecule has 110 valence electrons. The van der Waals surface area contributed by atoms with Crippen LogP contribution < -0.4 is 5.73 Å². The molecule has 1 aromatic carbocycles. The fourth-order valence-corrected chi connectivity index (χ4v) is 3.54. The Kier molecular flexibility index (Phi) is 4.62. The van der Waals surface area contributed by atoms with Crippen molar-refractivity contribution >= 4 is 29.1 Å². The van der Waals surface area contributed by atoms with Crippen LogP contribution in [0.4, 0.5) is 0 Å². The lowest BCUT2D eigenvalue weighted by molar-refractivity contribution is -0.141. The zero-order valence-electron chi connectivity index (χ0n) is 11.8. The number of amides is 1. The Morgan fingerprint density at radius 2 is 1.75 bits per heavy atom. The molecule has 3 nitrogen and oxygen atoms in total. The van der Waals surface area contributed by atoms with Crippen LogP contribution in [0.2, 0.25) is 10.0 Å². The summed E-state index contributed by atoms with van der Waals surface area (Å²) in [6.07, 6.45) is 1.30. The van der Waals surface area contributed by atoms with Crippen molar-refractivity contribution in [1.29, 1.82) is 0 Å². The van der Waals surface area contributed by atoms with Gasteiger partial charge < -0.3 is 10.6 Å². The molecule has 0 unspecified atom stereocenters. The van der Waals surface area contributed by atoms with E-state index in [1.165, 1.54) is 0 Å². The van der Waals surface area contributed by atoms with E-state index in [0.29, 0.717) is 36.0 Å². The summed E-state index contributed by atoms with van der Waals surface area (Å²) in [5.41, 5.74) is 6.28. The summed E-state index contributed by atoms with van der Waals surface area (Å²) < 4.78 is 0. The van der Waals surface area contributed by atoms with Crippen molar-refractivity contribution in [2.75, 3.05) is 13.1 Å². The first-order valence-corrected chi connectivity index (χ1v) is 7.70. The summed E-state index contributed by atoms with van der Waals surface area (Å²) in [5.74, 6) is 0.127. The van der Waals surface area contributed by atoms with Gasteiger partial charge in [0.1, 0.15) is 0 Å². The van der Waals surface area contributed by atoms with Gasteiger partial charge in [-0.1, -0.05) is 23.2 Å². The molecule has 1 saturated carbocycles. The van der Waals surface area contributed by atoms with Crippen molar-refractivity contribution in [2.24, 2.45) is 5.73 Å². The van der Waals surface area contributed by atoms with Gasteiger partial charge in [-0.2, -0.15) is 0 Å². The smallest absolute Gasteiger partial charge is 0.233 e. The third-order valence-corrected chi connectivity index (χ3v) is 4.53. The molecule has 1 aliphatic carbocycles. The summed E-state index contributed by atoms with van der Waals surface area (Å²) >= 11 is 12.2. The number of nitrogens with zero attached hydrogens (tertiary/aromatic N) is 1. The molecular formula is C15H20Cl2N2O. The van der Waals surface area contributed by atoms with Gasteiger partial charge in [-0.15, -0.1) is 0 Å². The lowest BCUT2D eigenvalue weighted by Crippen LogP contribution is -2.58. The van der Waals surface area contributed by atoms with Crippen LogP contribution >= 0.6 is 23.2 Å². The molecule has 0 radical (unpaired) electrons. The van der Waals surface area contributed by atoms with Crippen molar-refractivity contribution in [1.82, 2.24) is 4.90 Å². The summed E-state index contributed by atoms with van der Waals surface area (Å²) in [7, 11) is 0. The van der Waals surface area contributed by atoms with E-state index in [1.807, 2.05) is 30.9 Å². The Morgan fingerprint density at radius 1 is 1.25 bits per heavy atom. The Hall–Kier alpha value is -0.770. The molecular weight excluding hydrogens is 295 g/mol. The van der Waals surface area contributed by atoms with Gasteiger partial charge in [0.05, 0.1) is 5.41 Å². The minimum atomic E-state index is -0.556. The number of likely N-dealkylation sites (N-methyl/N-ethyl adjacent to an activating group) is 1. The van der Waals surface area contributed by atoms with Crippen molar-refractivity contribution < 1.29 is 4.79 Å². The largest absolute Gasteiger partial charge is 0.342 e. The van der Waals surface area contributed by atoms with E-state index in [4.69, 9.17) is 28.9 Å². The van der Waals surface area contributed by atoms with Crippen LogP contribution in [0, 0.1) is 0 Å². The van der Waals surface area contributed by atoms with Gasteiger partial charge in [0.15, 0.2) is 0 Å². The fraction of sp³-hybridized carbons (Fsp3) is 0.533. The Morgan fingerprint density at radius 3 is 2.15 bits per heavy atom. The number of benzene rings is 1. The van der Waals surface area contributed by atoms with Gasteiger partial charge in [-0.05, 0) is 50.5 Å². The van der Waals surface area contributed by atoms with Crippen molar-refractivity contribution in [2.45, 2.75) is 38.1 Å². The lowest BCUT2D eigenvalue weighted by Gasteiger charge is -2.47. The average molecular weight is 315 g/mol. The molecule has 1 amide bonds. The van der Waals surface area contributed by atoms with E-state index in [-0.39, 0.29) is 11.9 Å². The molecule has 2 rings (SSSR count). The van der Waals surface area contributed by atoms with E-state index in [1.54, 1.807) is 6.07 Å². The first kappa shape index (κ1) is 15.6. The van der Waals surface area contributed by atoms with Gasteiger partial charge in [0.25, 0.3) is 0 Å². The Labute approximate surface area is 130 Å². The molecule has 0 bridgehead atoms. The maximum atomic E-state index is 12.9. The molecule has 20 heavy (non-hydrogen) atoms. The molecule has 1 aromatic rings. The molecule has 5 heteroatoms. The Bertz CT molecular complexity index is 488. The SMILES string of the molecule is CCN(CC)C(=O)[C@]1(c2cc(Cl)cc(Cl)c2)C[C@@H](N)C1. The van der Waals surface area contributed by atoms with Gasteiger partial charge >= 0.3 is 0 Å². The second-order valence-electron chi connectivity index (χ2n) is 5.39. The molecule has 1 aliphatic rings. The second-order valence-corrected chi connectivity index (χ2v) is 6.26. The van der Waals surface area contributed by atoms with E-state index in [9.17, 15) is 4.79 Å². The molecule has 0 saturated heterocycles. The van der Waals surface area contributed by atoms with E-state index in [0.717, 1.165) is 5.56 Å². The maximum absolute atomic E-state index is 12.9. The van der Waals surface area contributed by atoms with Crippen LogP contribution in [0.3, 0.4) is 0 Å². The summed E-state index contributed by atoms with van der Waals surface area (Å²) in [6, 6.07) is 5.41. The molecule has 0 aromatic heterocycles. The molecule has 1 fully saturated rings. The third-order valence-electron chi connectivity index (χ3n) is 4.10. The maximum Gasteiger partial charge on any atom is 0.233 e. The van der Waals surface area contributed by atoms with Crippen molar-refractivity contribution in [3.05, 3.63) is 33.8 Å². The van der Waals surface area contributed by atoms with Crippen LogP contribution in [-0.4, -0.2) is 29.9 Å². The topological polar surface area (TPSA) is 46.3 Å². The number of halogens is 2. The van der Waals surface area contributed by atoms with Gasteiger partial charge in [0.2, 0.25) is 5.91 Å². The van der Waals surface area contributed by atoms with Crippen LogP contribution in [0.5, 0.6) is 0 Å². The number of hydrogen-bond acceptors (Lipinski definition) is 2. The minimum Gasteiger partial charge on any atom is -0.342 e. The first-order chi connectivity index (χ1) is 9.42. The number of carbonyl (C=O) groups excluding carboxylic acids is 1. The highest BCUT2D eigenvalue weighted by Gasteiger charge is 2.51. The van der Waals surface area contributed by atoms with Gasteiger partial charge in [-0.3, -0.25) is 4.79 Å².